The number of primary amides is 1. The molecule has 2 aromatic heterocycles. The first-order valence-electron chi connectivity index (χ1n) is 9.50. The number of carbonyl (C=O) groups excluding carboxylic acids is 1. The zero-order chi connectivity index (χ0) is 18.8. The maximum absolute atomic E-state index is 11.5. The molecule has 0 saturated carbocycles. The number of aromatic nitrogens is 3. The van der Waals surface area contributed by atoms with Crippen LogP contribution in [-0.2, 0) is 24.8 Å². The minimum absolute atomic E-state index is 0.189. The molecule has 0 bridgehead atoms. The lowest BCUT2D eigenvalue weighted by molar-refractivity contribution is -0.118. The lowest BCUT2D eigenvalue weighted by Gasteiger charge is -2.34. The predicted octanol–water partition coefficient (Wildman–Crippen LogP) is 2.72. The largest absolute Gasteiger partial charge is 0.370 e. The molecule has 140 valence electrons. The first-order valence-corrected chi connectivity index (χ1v) is 9.50. The Hall–Kier alpha value is -2.73. The summed E-state index contributed by atoms with van der Waals surface area (Å²) in [5.41, 5.74) is 9.99. The van der Waals surface area contributed by atoms with Crippen LogP contribution in [-0.4, -0.2) is 31.9 Å². The van der Waals surface area contributed by atoms with Gasteiger partial charge in [0, 0.05) is 26.2 Å². The minimum atomic E-state index is -0.276. The Morgan fingerprint density at radius 3 is 2.96 bits per heavy atom. The van der Waals surface area contributed by atoms with E-state index in [9.17, 15) is 4.79 Å². The van der Waals surface area contributed by atoms with Crippen LogP contribution in [0.25, 0.3) is 11.0 Å². The molecule has 0 saturated heterocycles. The third-order valence-electron chi connectivity index (χ3n) is 5.48. The molecule has 1 amide bonds. The fourth-order valence-corrected chi connectivity index (χ4v) is 4.06. The SMILES string of the molecule is Cn1c(CN(CCC(N)=O)[C@H]2CCCc3cccnc32)nc2ccccc21. The molecule has 2 heterocycles. The molecule has 0 radical (unpaired) electrons. The number of aryl methyl sites for hydroxylation is 2. The lowest BCUT2D eigenvalue weighted by Crippen LogP contribution is -2.35. The van der Waals surface area contributed by atoms with E-state index in [0.717, 1.165) is 41.8 Å². The van der Waals surface area contributed by atoms with Crippen molar-refractivity contribution in [1.29, 1.82) is 0 Å². The number of benzene rings is 1. The van der Waals surface area contributed by atoms with Crippen LogP contribution < -0.4 is 5.73 Å². The highest BCUT2D eigenvalue weighted by molar-refractivity contribution is 5.75. The number of hydrogen-bond acceptors (Lipinski definition) is 4. The quantitative estimate of drug-likeness (QED) is 0.730. The molecule has 0 unspecified atom stereocenters. The zero-order valence-electron chi connectivity index (χ0n) is 15.6. The summed E-state index contributed by atoms with van der Waals surface area (Å²) in [5, 5.41) is 0. The number of pyridine rings is 1. The van der Waals surface area contributed by atoms with E-state index in [1.54, 1.807) is 0 Å². The molecule has 0 aliphatic heterocycles. The van der Waals surface area contributed by atoms with Gasteiger partial charge in [0.05, 0.1) is 29.3 Å². The van der Waals surface area contributed by atoms with E-state index < -0.39 is 0 Å². The van der Waals surface area contributed by atoms with E-state index in [4.69, 9.17) is 10.7 Å². The zero-order valence-corrected chi connectivity index (χ0v) is 15.6. The molecule has 0 fully saturated rings. The summed E-state index contributed by atoms with van der Waals surface area (Å²) in [6.45, 7) is 1.28. The first kappa shape index (κ1) is 17.7. The van der Waals surface area contributed by atoms with E-state index in [0.29, 0.717) is 19.5 Å². The fraction of sp³-hybridized carbons (Fsp3) is 0.381. The van der Waals surface area contributed by atoms with Crippen LogP contribution in [0.4, 0.5) is 0 Å². The van der Waals surface area contributed by atoms with Crippen molar-refractivity contribution in [2.75, 3.05) is 6.54 Å². The number of nitrogens with two attached hydrogens (primary N) is 1. The molecule has 1 aromatic carbocycles. The maximum Gasteiger partial charge on any atom is 0.218 e. The van der Waals surface area contributed by atoms with Gasteiger partial charge in [0.25, 0.3) is 0 Å². The monoisotopic (exact) mass is 363 g/mol. The molecular weight excluding hydrogens is 338 g/mol. The summed E-state index contributed by atoms with van der Waals surface area (Å²) in [6.07, 6.45) is 5.42. The van der Waals surface area contributed by atoms with E-state index in [-0.39, 0.29) is 11.9 Å². The van der Waals surface area contributed by atoms with Gasteiger partial charge in [-0.05, 0) is 43.0 Å². The Labute approximate surface area is 159 Å². The summed E-state index contributed by atoms with van der Waals surface area (Å²) in [4.78, 5) is 23.3. The van der Waals surface area contributed by atoms with Gasteiger partial charge in [-0.1, -0.05) is 18.2 Å². The van der Waals surface area contributed by atoms with Crippen LogP contribution in [0.15, 0.2) is 42.6 Å². The van der Waals surface area contributed by atoms with E-state index in [2.05, 4.69) is 26.6 Å². The Bertz CT molecular complexity index is 964. The minimum Gasteiger partial charge on any atom is -0.370 e. The van der Waals surface area contributed by atoms with Crippen LogP contribution >= 0.6 is 0 Å². The van der Waals surface area contributed by atoms with Crippen LogP contribution in [0, 0.1) is 0 Å². The second kappa shape index (κ2) is 7.48. The molecule has 6 nitrogen and oxygen atoms in total. The number of carbonyl (C=O) groups is 1. The highest BCUT2D eigenvalue weighted by Crippen LogP contribution is 2.34. The lowest BCUT2D eigenvalue weighted by atomic mass is 9.90. The molecule has 1 aliphatic rings. The Kier molecular flexibility index (Phi) is 4.90. The highest BCUT2D eigenvalue weighted by atomic mass is 16.1. The van der Waals surface area contributed by atoms with Gasteiger partial charge >= 0.3 is 0 Å². The number of hydrogen-bond donors (Lipinski definition) is 1. The van der Waals surface area contributed by atoms with Crippen molar-refractivity contribution >= 4 is 16.9 Å². The van der Waals surface area contributed by atoms with Gasteiger partial charge in [0.1, 0.15) is 5.82 Å². The van der Waals surface area contributed by atoms with Gasteiger partial charge in [-0.25, -0.2) is 4.98 Å². The average Bonchev–Trinajstić information content (AvgIpc) is 3.00. The summed E-state index contributed by atoms with van der Waals surface area (Å²) in [7, 11) is 2.05. The van der Waals surface area contributed by atoms with E-state index in [1.807, 2.05) is 37.5 Å². The molecule has 3 aromatic rings. The second-order valence-corrected chi connectivity index (χ2v) is 7.22. The molecule has 6 heteroatoms. The van der Waals surface area contributed by atoms with Crippen molar-refractivity contribution in [2.45, 2.75) is 38.3 Å². The standard InChI is InChI=1S/C21H25N5O/c1-25-17-9-3-2-8-16(17)24-20(25)14-26(13-11-19(22)27)18-10-4-6-15-7-5-12-23-21(15)18/h2-3,5,7-9,12,18H,4,6,10-11,13-14H2,1H3,(H2,22,27)/t18-/m0/s1. The number of rotatable bonds is 6. The molecule has 0 spiro atoms. The molecule has 1 atom stereocenters. The Morgan fingerprint density at radius 2 is 2.15 bits per heavy atom. The first-order chi connectivity index (χ1) is 13.1. The molecule has 2 N–H and O–H groups in total. The predicted molar refractivity (Wildman–Crippen MR) is 105 cm³/mol. The Balaban J connectivity index is 1.67. The molecular formula is C21H25N5O. The van der Waals surface area contributed by atoms with Gasteiger partial charge in [-0.3, -0.25) is 14.7 Å². The molecule has 4 rings (SSSR count). The summed E-state index contributed by atoms with van der Waals surface area (Å²) in [6, 6.07) is 12.5. The van der Waals surface area contributed by atoms with Gasteiger partial charge in [-0.15, -0.1) is 0 Å². The third kappa shape index (κ3) is 3.57. The summed E-state index contributed by atoms with van der Waals surface area (Å²) in [5.74, 6) is 0.714. The van der Waals surface area contributed by atoms with Crippen molar-refractivity contribution in [3.8, 4) is 0 Å². The van der Waals surface area contributed by atoms with Crippen molar-refractivity contribution in [3.05, 3.63) is 59.7 Å². The van der Waals surface area contributed by atoms with Crippen molar-refractivity contribution in [3.63, 3.8) is 0 Å². The van der Waals surface area contributed by atoms with Gasteiger partial charge in [-0.2, -0.15) is 0 Å². The number of amides is 1. The smallest absolute Gasteiger partial charge is 0.218 e. The normalized spacial score (nSPS) is 16.6. The van der Waals surface area contributed by atoms with Crippen LogP contribution in [0.5, 0.6) is 0 Å². The van der Waals surface area contributed by atoms with Gasteiger partial charge in [0.15, 0.2) is 0 Å². The summed E-state index contributed by atoms with van der Waals surface area (Å²) < 4.78 is 2.13. The van der Waals surface area contributed by atoms with Crippen LogP contribution in [0.1, 0.15) is 42.4 Å². The number of imidazole rings is 1. The van der Waals surface area contributed by atoms with Gasteiger partial charge in [0.2, 0.25) is 5.91 Å². The molecule has 27 heavy (non-hydrogen) atoms. The van der Waals surface area contributed by atoms with E-state index >= 15 is 0 Å². The average molecular weight is 363 g/mol. The second-order valence-electron chi connectivity index (χ2n) is 7.22. The van der Waals surface area contributed by atoms with Crippen molar-refractivity contribution in [2.24, 2.45) is 12.8 Å². The fourth-order valence-electron chi connectivity index (χ4n) is 4.06. The third-order valence-corrected chi connectivity index (χ3v) is 5.48. The summed E-state index contributed by atoms with van der Waals surface area (Å²) >= 11 is 0. The number of nitrogens with zero attached hydrogens (tertiary/aromatic N) is 4. The van der Waals surface area contributed by atoms with E-state index in [1.165, 1.54) is 5.56 Å². The van der Waals surface area contributed by atoms with Gasteiger partial charge < -0.3 is 10.3 Å². The highest BCUT2D eigenvalue weighted by Gasteiger charge is 2.28. The van der Waals surface area contributed by atoms with Crippen LogP contribution in [0.3, 0.4) is 0 Å². The topological polar surface area (TPSA) is 77.0 Å². The maximum atomic E-state index is 11.5. The van der Waals surface area contributed by atoms with Crippen LogP contribution in [0.2, 0.25) is 0 Å². The van der Waals surface area contributed by atoms with Crippen molar-refractivity contribution < 1.29 is 4.79 Å². The Morgan fingerprint density at radius 1 is 1.30 bits per heavy atom. The number of para-hydroxylation sites is 2. The van der Waals surface area contributed by atoms with Crippen molar-refractivity contribution in [1.82, 2.24) is 19.4 Å². The number of fused-ring (bicyclic) bond motifs is 2. The molecule has 1 aliphatic carbocycles.